The predicted octanol–water partition coefficient (Wildman–Crippen LogP) is 6.58. The zero-order chi connectivity index (χ0) is 25.8. The molecule has 4 nitrogen and oxygen atoms in total. The molecule has 0 aromatic heterocycles. The molecule has 3 saturated carbocycles. The summed E-state index contributed by atoms with van der Waals surface area (Å²) in [6.45, 7) is 13.2. The molecule has 0 aromatic rings. The molecule has 0 aliphatic heterocycles. The Bertz CT molecular complexity index is 1140. The molecular formula is C30H38ClNO3. The highest BCUT2D eigenvalue weighted by Crippen LogP contribution is 2.74. The van der Waals surface area contributed by atoms with Crippen molar-refractivity contribution in [1.82, 2.24) is 0 Å². The van der Waals surface area contributed by atoms with E-state index in [0.717, 1.165) is 50.5 Å². The Morgan fingerprint density at radius 1 is 1.03 bits per heavy atom. The van der Waals surface area contributed by atoms with Gasteiger partial charge in [0.25, 0.3) is 0 Å². The number of allylic oxidation sites excluding steroid dienone is 4. The van der Waals surface area contributed by atoms with Crippen molar-refractivity contribution in [3.8, 4) is 6.07 Å². The van der Waals surface area contributed by atoms with E-state index < -0.39 is 10.8 Å². The van der Waals surface area contributed by atoms with Crippen molar-refractivity contribution in [3.63, 3.8) is 0 Å². The van der Waals surface area contributed by atoms with Crippen molar-refractivity contribution in [2.45, 2.75) is 86.5 Å². The summed E-state index contributed by atoms with van der Waals surface area (Å²) in [5.41, 5.74) is -0.283. The molecule has 188 valence electrons. The minimum atomic E-state index is -0.612. The summed E-state index contributed by atoms with van der Waals surface area (Å²) in [4.78, 5) is 40.0. The van der Waals surface area contributed by atoms with Gasteiger partial charge in [0.15, 0.2) is 11.6 Å². The first-order valence-electron chi connectivity index (χ1n) is 13.3. The van der Waals surface area contributed by atoms with E-state index in [-0.39, 0.29) is 62.3 Å². The molecule has 0 radical (unpaired) electrons. The average molecular weight is 496 g/mol. The van der Waals surface area contributed by atoms with Gasteiger partial charge in [-0.2, -0.15) is 5.26 Å². The molecule has 0 N–H and O–H groups in total. The zero-order valence-electron chi connectivity index (χ0n) is 22.0. The van der Waals surface area contributed by atoms with Crippen molar-refractivity contribution in [1.29, 1.82) is 5.26 Å². The van der Waals surface area contributed by atoms with Crippen LogP contribution in [0.3, 0.4) is 0 Å². The minimum absolute atomic E-state index is 0.0558. The molecular weight excluding hydrogens is 458 g/mol. The molecule has 0 bridgehead atoms. The second-order valence-electron chi connectivity index (χ2n) is 13.8. The first kappa shape index (κ1) is 24.9. The van der Waals surface area contributed by atoms with Gasteiger partial charge in [-0.25, -0.2) is 0 Å². The van der Waals surface area contributed by atoms with Crippen LogP contribution in [-0.4, -0.2) is 16.8 Å². The maximum atomic E-state index is 14.2. The van der Waals surface area contributed by atoms with Gasteiger partial charge < -0.3 is 0 Å². The summed E-state index contributed by atoms with van der Waals surface area (Å²) >= 11 is 6.35. The minimum Gasteiger partial charge on any atom is -0.295 e. The molecule has 0 aromatic carbocycles. The van der Waals surface area contributed by atoms with E-state index in [1.807, 2.05) is 19.1 Å². The van der Waals surface area contributed by atoms with Crippen molar-refractivity contribution < 1.29 is 14.4 Å². The van der Waals surface area contributed by atoms with Gasteiger partial charge in [0.1, 0.15) is 6.07 Å². The maximum Gasteiger partial charge on any atom is 0.228 e. The summed E-state index contributed by atoms with van der Waals surface area (Å²) in [5.74, 6) is -0.409. The molecule has 0 spiro atoms. The number of hydrogen-bond donors (Lipinski definition) is 0. The fraction of sp³-hybridized carbons (Fsp3) is 0.733. The van der Waals surface area contributed by atoms with E-state index in [0.29, 0.717) is 0 Å². The normalized spacial score (nSPS) is 48.3. The van der Waals surface area contributed by atoms with Crippen LogP contribution in [0.1, 0.15) is 86.5 Å². The summed E-state index contributed by atoms with van der Waals surface area (Å²) < 4.78 is 0. The second kappa shape index (κ2) is 7.41. The van der Waals surface area contributed by atoms with Crippen LogP contribution in [-0.2, 0) is 14.4 Å². The number of rotatable bonds is 1. The first-order valence-corrected chi connectivity index (χ1v) is 13.7. The number of Topliss-reactive ketones (excluding diaryl/α,β-unsaturated/α-hetero) is 1. The predicted molar refractivity (Wildman–Crippen MR) is 135 cm³/mol. The quantitative estimate of drug-likeness (QED) is 0.385. The van der Waals surface area contributed by atoms with Gasteiger partial charge in [-0.3, -0.25) is 14.4 Å². The highest BCUT2D eigenvalue weighted by molar-refractivity contribution is 6.64. The Balaban J connectivity index is 1.70. The van der Waals surface area contributed by atoms with E-state index >= 15 is 0 Å². The van der Waals surface area contributed by atoms with Crippen LogP contribution in [0.4, 0.5) is 0 Å². The molecule has 0 heterocycles. The Morgan fingerprint density at radius 2 is 1.69 bits per heavy atom. The van der Waals surface area contributed by atoms with Gasteiger partial charge in [0.2, 0.25) is 5.24 Å². The molecule has 0 unspecified atom stereocenters. The number of carbonyl (C=O) groups is 3. The van der Waals surface area contributed by atoms with E-state index in [1.165, 1.54) is 0 Å². The van der Waals surface area contributed by atoms with Gasteiger partial charge in [0.05, 0.1) is 5.57 Å². The third-order valence-corrected chi connectivity index (χ3v) is 12.3. The lowest BCUT2D eigenvalue weighted by Gasteiger charge is -2.68. The number of nitrogens with zero attached hydrogens (tertiary/aromatic N) is 1. The van der Waals surface area contributed by atoms with Gasteiger partial charge in [-0.15, -0.1) is 0 Å². The molecule has 5 heteroatoms. The number of ketones is 2. The monoisotopic (exact) mass is 495 g/mol. The number of nitriles is 1. The Kier molecular flexibility index (Phi) is 5.28. The number of hydrogen-bond acceptors (Lipinski definition) is 4. The highest BCUT2D eigenvalue weighted by atomic mass is 35.5. The van der Waals surface area contributed by atoms with Crippen LogP contribution >= 0.6 is 11.6 Å². The summed E-state index contributed by atoms with van der Waals surface area (Å²) in [6.07, 6.45) is 9.61. The standard InChI is InChI=1S/C30H38ClNO3/c1-17-19-7-8-28(5)22(27(19,4)14-18(16-32)24(17)34)13-21(33)23-20-15-26(2,3)9-11-30(20,25(31)35)12-10-29(23,28)6/h13-14,17,19-20,23H,7-12,15H2,1-6H3/t17-,19-,20-,23-,27-,28+,29+,30-/m0/s1. The SMILES string of the molecule is C[C@@H]1C(=O)C(C#N)=C[C@]2(C)C3=CC(=O)[C@@H]4[C@@H]5CC(C)(C)CC[C@]5(C(=O)Cl)CC[C@@]4(C)[C@]3(C)CC[C@@H]12. The van der Waals surface area contributed by atoms with Crippen molar-refractivity contribution in [2.75, 3.05) is 0 Å². The fourth-order valence-corrected chi connectivity index (χ4v) is 9.93. The lowest BCUT2D eigenvalue weighted by molar-refractivity contribution is -0.172. The van der Waals surface area contributed by atoms with E-state index in [9.17, 15) is 19.6 Å². The summed E-state index contributed by atoms with van der Waals surface area (Å²) in [6, 6.07) is 2.14. The number of halogens is 1. The van der Waals surface area contributed by atoms with Crippen LogP contribution < -0.4 is 0 Å². The molecule has 35 heavy (non-hydrogen) atoms. The van der Waals surface area contributed by atoms with E-state index in [1.54, 1.807) is 0 Å². The maximum absolute atomic E-state index is 14.2. The van der Waals surface area contributed by atoms with E-state index in [2.05, 4.69) is 40.7 Å². The largest absolute Gasteiger partial charge is 0.295 e. The molecule has 5 aliphatic rings. The van der Waals surface area contributed by atoms with Crippen LogP contribution in [0.2, 0.25) is 0 Å². The topological polar surface area (TPSA) is 75.0 Å². The van der Waals surface area contributed by atoms with Crippen LogP contribution in [0, 0.1) is 62.1 Å². The molecule has 0 saturated heterocycles. The smallest absolute Gasteiger partial charge is 0.228 e. The molecule has 0 amide bonds. The third kappa shape index (κ3) is 3.00. The third-order valence-electron chi connectivity index (χ3n) is 11.9. The van der Waals surface area contributed by atoms with Crippen molar-refractivity contribution in [2.24, 2.45) is 50.7 Å². The molecule has 3 fully saturated rings. The van der Waals surface area contributed by atoms with Gasteiger partial charge in [-0.05, 0) is 90.7 Å². The Labute approximate surface area is 214 Å². The highest BCUT2D eigenvalue weighted by Gasteiger charge is 2.69. The zero-order valence-corrected chi connectivity index (χ0v) is 22.7. The molecule has 8 atom stereocenters. The Hall–Kier alpha value is -1.73. The molecule has 5 rings (SSSR count). The van der Waals surface area contributed by atoms with Gasteiger partial charge in [-0.1, -0.05) is 53.2 Å². The lowest BCUT2D eigenvalue weighted by atomic mass is 9.35. The van der Waals surface area contributed by atoms with Crippen LogP contribution in [0.5, 0.6) is 0 Å². The lowest BCUT2D eigenvalue weighted by Crippen LogP contribution is -2.65. The van der Waals surface area contributed by atoms with Gasteiger partial charge in [0, 0.05) is 22.7 Å². The first-order chi connectivity index (χ1) is 16.2. The number of fused-ring (bicyclic) bond motifs is 7. The van der Waals surface area contributed by atoms with Crippen LogP contribution in [0.15, 0.2) is 23.3 Å². The second-order valence-corrected chi connectivity index (χ2v) is 14.2. The van der Waals surface area contributed by atoms with Crippen LogP contribution in [0.25, 0.3) is 0 Å². The molecule has 5 aliphatic carbocycles. The van der Waals surface area contributed by atoms with Crippen molar-refractivity contribution >= 4 is 28.4 Å². The summed E-state index contributed by atoms with van der Waals surface area (Å²) in [7, 11) is 0. The fourth-order valence-electron chi connectivity index (χ4n) is 9.60. The van der Waals surface area contributed by atoms with Crippen molar-refractivity contribution in [3.05, 3.63) is 23.3 Å². The Morgan fingerprint density at radius 3 is 2.31 bits per heavy atom. The number of carbonyl (C=O) groups excluding carboxylic acids is 3. The van der Waals surface area contributed by atoms with E-state index in [4.69, 9.17) is 11.6 Å². The summed E-state index contributed by atoms with van der Waals surface area (Å²) in [5, 5.41) is 9.46. The van der Waals surface area contributed by atoms with Gasteiger partial charge >= 0.3 is 0 Å². The average Bonchev–Trinajstić information content (AvgIpc) is 2.77.